The number of benzene rings is 1. The maximum absolute atomic E-state index is 12.3. The normalized spacial score (nSPS) is 11.0. The van der Waals surface area contributed by atoms with Gasteiger partial charge in [-0.3, -0.25) is 9.59 Å². The Labute approximate surface area is 128 Å². The minimum absolute atomic E-state index is 0.138. The third-order valence-electron chi connectivity index (χ3n) is 3.51. The zero-order chi connectivity index (χ0) is 16.0. The topological polar surface area (TPSA) is 100.0 Å². The number of nitrogens with zero attached hydrogens (tertiary/aromatic N) is 3. The first-order chi connectivity index (χ1) is 10.4. The second-order valence-electron chi connectivity index (χ2n) is 4.88. The maximum atomic E-state index is 12.3. The molecule has 0 spiro atoms. The van der Waals surface area contributed by atoms with Gasteiger partial charge < -0.3 is 10.3 Å². The van der Waals surface area contributed by atoms with Crippen LogP contribution in [0.1, 0.15) is 16.2 Å². The second kappa shape index (κ2) is 4.92. The molecule has 0 saturated heterocycles. The van der Waals surface area contributed by atoms with Crippen molar-refractivity contribution in [2.45, 2.75) is 6.92 Å². The van der Waals surface area contributed by atoms with Gasteiger partial charge in [-0.15, -0.1) is 0 Å². The van der Waals surface area contributed by atoms with Gasteiger partial charge in [0.15, 0.2) is 0 Å². The van der Waals surface area contributed by atoms with E-state index in [-0.39, 0.29) is 5.69 Å². The molecule has 0 aliphatic rings. The summed E-state index contributed by atoms with van der Waals surface area (Å²) in [6.07, 6.45) is 0. The average molecular weight is 316 g/mol. The number of hydrogen-bond donors (Lipinski definition) is 1. The lowest BCUT2D eigenvalue weighted by atomic mass is 10.2. The van der Waals surface area contributed by atoms with E-state index in [0.717, 1.165) is 20.8 Å². The first kappa shape index (κ1) is 14.2. The first-order valence-electron chi connectivity index (χ1n) is 6.39. The molecule has 1 amide bonds. The Bertz CT molecular complexity index is 1030. The molecule has 0 radical (unpaired) electrons. The number of nitrogens with two attached hydrogens (primary N) is 1. The van der Waals surface area contributed by atoms with Crippen molar-refractivity contribution in [1.82, 2.24) is 13.5 Å². The summed E-state index contributed by atoms with van der Waals surface area (Å²) in [7, 11) is 1.59. The quantitative estimate of drug-likeness (QED) is 0.746. The Morgan fingerprint density at radius 3 is 2.68 bits per heavy atom. The number of fused-ring (bicyclic) bond motifs is 1. The van der Waals surface area contributed by atoms with E-state index in [9.17, 15) is 14.4 Å². The van der Waals surface area contributed by atoms with Gasteiger partial charge in [-0.05, 0) is 36.7 Å². The zero-order valence-electron chi connectivity index (χ0n) is 11.9. The molecule has 0 atom stereocenters. The van der Waals surface area contributed by atoms with E-state index in [4.69, 9.17) is 5.73 Å². The smallest absolute Gasteiger partial charge is 0.335 e. The number of aryl methyl sites for hydroxylation is 1. The monoisotopic (exact) mass is 316 g/mol. The Hall–Kier alpha value is -2.74. The molecule has 0 unspecified atom stereocenters. The van der Waals surface area contributed by atoms with Gasteiger partial charge in [-0.2, -0.15) is 4.37 Å². The van der Waals surface area contributed by atoms with E-state index < -0.39 is 17.2 Å². The highest BCUT2D eigenvalue weighted by Gasteiger charge is 2.14. The van der Waals surface area contributed by atoms with Crippen LogP contribution in [0, 0.1) is 6.92 Å². The summed E-state index contributed by atoms with van der Waals surface area (Å²) in [6.45, 7) is 1.68. The lowest BCUT2D eigenvalue weighted by Crippen LogP contribution is -2.38. The molecular formula is C14H12N4O3S. The van der Waals surface area contributed by atoms with Gasteiger partial charge in [0.05, 0.1) is 10.4 Å². The van der Waals surface area contributed by atoms with Crippen molar-refractivity contribution >= 4 is 27.5 Å². The van der Waals surface area contributed by atoms with Crippen LogP contribution in [0.2, 0.25) is 0 Å². The number of primary amides is 1. The number of carbonyl (C=O) groups is 1. The molecule has 0 fully saturated rings. The molecule has 1 aromatic carbocycles. The molecule has 2 aromatic heterocycles. The van der Waals surface area contributed by atoms with Crippen molar-refractivity contribution in [1.29, 1.82) is 0 Å². The SMILES string of the molecule is Cc1cc(=O)n(-c2ccc3snc(C(N)=O)c3c2)c(=O)n1C. The molecule has 0 aliphatic heterocycles. The lowest BCUT2D eigenvalue weighted by Gasteiger charge is -2.09. The van der Waals surface area contributed by atoms with E-state index in [1.165, 1.54) is 10.6 Å². The minimum atomic E-state index is -0.646. The minimum Gasteiger partial charge on any atom is -0.364 e. The van der Waals surface area contributed by atoms with Crippen molar-refractivity contribution < 1.29 is 4.79 Å². The van der Waals surface area contributed by atoms with Crippen molar-refractivity contribution in [3.8, 4) is 5.69 Å². The fourth-order valence-electron chi connectivity index (χ4n) is 2.22. The van der Waals surface area contributed by atoms with Gasteiger partial charge in [0.2, 0.25) is 0 Å². The molecule has 3 rings (SSSR count). The molecule has 8 heteroatoms. The Kier molecular flexibility index (Phi) is 3.18. The van der Waals surface area contributed by atoms with Crippen molar-refractivity contribution in [3.63, 3.8) is 0 Å². The Morgan fingerprint density at radius 2 is 2.00 bits per heavy atom. The summed E-state index contributed by atoms with van der Waals surface area (Å²) in [6, 6.07) is 6.31. The number of rotatable bonds is 2. The van der Waals surface area contributed by atoms with E-state index in [2.05, 4.69) is 4.37 Å². The largest absolute Gasteiger partial charge is 0.364 e. The summed E-state index contributed by atoms with van der Waals surface area (Å²) in [4.78, 5) is 35.9. The number of aromatic nitrogens is 3. The van der Waals surface area contributed by atoms with Gasteiger partial charge in [0.25, 0.3) is 11.5 Å². The molecule has 3 aromatic rings. The summed E-state index contributed by atoms with van der Waals surface area (Å²) >= 11 is 1.14. The van der Waals surface area contributed by atoms with Gasteiger partial charge in [-0.25, -0.2) is 9.36 Å². The summed E-state index contributed by atoms with van der Waals surface area (Å²) in [5.41, 5.74) is 5.50. The fourth-order valence-corrected chi connectivity index (χ4v) is 2.98. The second-order valence-corrected chi connectivity index (χ2v) is 5.68. The average Bonchev–Trinajstić information content (AvgIpc) is 2.88. The van der Waals surface area contributed by atoms with E-state index in [1.807, 2.05) is 0 Å². The predicted octanol–water partition coefficient (Wildman–Crippen LogP) is 0.553. The summed E-state index contributed by atoms with van der Waals surface area (Å²) in [5.74, 6) is -0.646. The van der Waals surface area contributed by atoms with Gasteiger partial charge in [0.1, 0.15) is 5.69 Å². The van der Waals surface area contributed by atoms with Crippen LogP contribution in [0.4, 0.5) is 0 Å². The Balaban J connectivity index is 2.35. The van der Waals surface area contributed by atoms with Crippen molar-refractivity contribution in [3.05, 3.63) is 56.5 Å². The molecule has 0 saturated carbocycles. The highest BCUT2D eigenvalue weighted by molar-refractivity contribution is 7.13. The highest BCUT2D eigenvalue weighted by atomic mass is 32.1. The van der Waals surface area contributed by atoms with Gasteiger partial charge in [0, 0.05) is 24.2 Å². The van der Waals surface area contributed by atoms with E-state index >= 15 is 0 Å². The highest BCUT2D eigenvalue weighted by Crippen LogP contribution is 2.24. The molecule has 2 heterocycles. The van der Waals surface area contributed by atoms with Crippen LogP contribution in [-0.4, -0.2) is 19.4 Å². The summed E-state index contributed by atoms with van der Waals surface area (Å²) < 4.78 is 7.19. The molecule has 0 aliphatic carbocycles. The fraction of sp³-hybridized carbons (Fsp3) is 0.143. The molecule has 0 bridgehead atoms. The van der Waals surface area contributed by atoms with Crippen LogP contribution in [0.15, 0.2) is 33.9 Å². The van der Waals surface area contributed by atoms with Crippen LogP contribution in [0.25, 0.3) is 15.8 Å². The third-order valence-corrected chi connectivity index (χ3v) is 4.33. The van der Waals surface area contributed by atoms with Gasteiger partial charge >= 0.3 is 5.69 Å². The summed E-state index contributed by atoms with van der Waals surface area (Å²) in [5, 5.41) is 0.532. The van der Waals surface area contributed by atoms with Gasteiger partial charge in [-0.1, -0.05) is 0 Å². The predicted molar refractivity (Wildman–Crippen MR) is 83.7 cm³/mol. The van der Waals surface area contributed by atoms with Crippen LogP contribution < -0.4 is 17.0 Å². The van der Waals surface area contributed by atoms with Crippen molar-refractivity contribution in [2.75, 3.05) is 0 Å². The number of carbonyl (C=O) groups excluding carboxylic acids is 1. The number of amides is 1. The first-order valence-corrected chi connectivity index (χ1v) is 7.17. The molecular weight excluding hydrogens is 304 g/mol. The van der Waals surface area contributed by atoms with E-state index in [1.54, 1.807) is 32.2 Å². The van der Waals surface area contributed by atoms with Crippen molar-refractivity contribution in [2.24, 2.45) is 12.8 Å². The third kappa shape index (κ3) is 2.04. The zero-order valence-corrected chi connectivity index (χ0v) is 12.7. The van der Waals surface area contributed by atoms with Crippen LogP contribution in [-0.2, 0) is 7.05 Å². The Morgan fingerprint density at radius 1 is 1.27 bits per heavy atom. The lowest BCUT2D eigenvalue weighted by molar-refractivity contribution is 0.0998. The van der Waals surface area contributed by atoms with Crippen LogP contribution in [0.3, 0.4) is 0 Å². The maximum Gasteiger partial charge on any atom is 0.335 e. The molecule has 112 valence electrons. The molecule has 7 nitrogen and oxygen atoms in total. The molecule has 2 N–H and O–H groups in total. The standard InChI is InChI=1S/C14H12N4O3S/c1-7-5-11(19)18(14(21)17(7)2)8-3-4-10-9(6-8)12(13(15)20)16-22-10/h3-6H,1-2H3,(H2,15,20). The van der Waals surface area contributed by atoms with Crippen LogP contribution >= 0.6 is 11.5 Å². The van der Waals surface area contributed by atoms with Crippen LogP contribution in [0.5, 0.6) is 0 Å². The number of hydrogen-bond acceptors (Lipinski definition) is 5. The van der Waals surface area contributed by atoms with E-state index in [0.29, 0.717) is 16.8 Å². The molecule has 22 heavy (non-hydrogen) atoms.